The fraction of sp³-hybridized carbons (Fsp3) is 0.381. The van der Waals surface area contributed by atoms with E-state index in [1.165, 1.54) is 12.1 Å². The van der Waals surface area contributed by atoms with Gasteiger partial charge in [-0.2, -0.15) is 10.1 Å². The molecule has 0 aliphatic heterocycles. The van der Waals surface area contributed by atoms with Crippen molar-refractivity contribution in [1.82, 2.24) is 14.8 Å². The lowest BCUT2D eigenvalue weighted by atomic mass is 10.0. The molecule has 2 aromatic heterocycles. The fourth-order valence-corrected chi connectivity index (χ4v) is 3.33. The van der Waals surface area contributed by atoms with Gasteiger partial charge in [-0.25, -0.2) is 9.07 Å². The average molecular weight is 385 g/mol. The van der Waals surface area contributed by atoms with Crippen molar-refractivity contribution in [2.75, 3.05) is 13.2 Å². The minimum Gasteiger partial charge on any atom is -0.478 e. The van der Waals surface area contributed by atoms with Crippen molar-refractivity contribution in [3.8, 4) is 11.6 Å². The van der Waals surface area contributed by atoms with E-state index < -0.39 is 0 Å². The Labute approximate surface area is 163 Å². The average Bonchev–Trinajstić information content (AvgIpc) is 2.98. The van der Waals surface area contributed by atoms with E-state index in [-0.39, 0.29) is 18.2 Å². The fourth-order valence-electron chi connectivity index (χ4n) is 3.33. The second-order valence-corrected chi connectivity index (χ2v) is 6.43. The monoisotopic (exact) mass is 385 g/mol. The molecule has 0 amide bonds. The Morgan fingerprint density at radius 1 is 1.21 bits per heavy atom. The molecule has 0 N–H and O–H groups in total. The Hall–Kier alpha value is -2.96. The van der Waals surface area contributed by atoms with Gasteiger partial charge in [-0.1, -0.05) is 6.07 Å². The summed E-state index contributed by atoms with van der Waals surface area (Å²) in [5, 5.41) is 5.45. The van der Waals surface area contributed by atoms with E-state index in [0.717, 1.165) is 22.2 Å². The molecule has 0 unspecified atom stereocenters. The number of fused-ring (bicyclic) bond motifs is 1. The van der Waals surface area contributed by atoms with Gasteiger partial charge in [0.2, 0.25) is 5.88 Å². The number of nitrogens with zero attached hydrogens (tertiary/aromatic N) is 3. The van der Waals surface area contributed by atoms with Crippen LogP contribution in [0.3, 0.4) is 0 Å². The van der Waals surface area contributed by atoms with Gasteiger partial charge in [0.05, 0.1) is 24.6 Å². The van der Waals surface area contributed by atoms with Crippen LogP contribution in [0, 0.1) is 19.7 Å². The second kappa shape index (κ2) is 8.37. The number of hydrogen-bond donors (Lipinski definition) is 0. The largest absolute Gasteiger partial charge is 0.478 e. The van der Waals surface area contributed by atoms with Crippen molar-refractivity contribution in [3.63, 3.8) is 0 Å². The molecule has 2 heterocycles. The summed E-state index contributed by atoms with van der Waals surface area (Å²) < 4.78 is 26.1. The number of esters is 1. The third-order valence-electron chi connectivity index (χ3n) is 4.55. The zero-order valence-electron chi connectivity index (χ0n) is 16.6. The molecule has 6 nitrogen and oxygen atoms in total. The lowest BCUT2D eigenvalue weighted by molar-refractivity contribution is -0.143. The maximum Gasteiger partial charge on any atom is 0.306 e. The molecule has 0 atom stereocenters. The highest BCUT2D eigenvalue weighted by molar-refractivity contribution is 5.85. The van der Waals surface area contributed by atoms with E-state index in [9.17, 15) is 9.18 Å². The Balaban J connectivity index is 2.13. The molecule has 0 aliphatic carbocycles. The molecular weight excluding hydrogens is 361 g/mol. The first-order chi connectivity index (χ1) is 13.5. The lowest BCUT2D eigenvalue weighted by Crippen LogP contribution is -2.09. The van der Waals surface area contributed by atoms with Crippen molar-refractivity contribution in [3.05, 3.63) is 46.9 Å². The number of halogens is 1. The molecule has 0 bridgehead atoms. The van der Waals surface area contributed by atoms with Gasteiger partial charge in [0, 0.05) is 17.4 Å². The third kappa shape index (κ3) is 3.83. The van der Waals surface area contributed by atoms with Gasteiger partial charge in [0.1, 0.15) is 5.82 Å². The maximum atomic E-state index is 13.7. The highest BCUT2D eigenvalue weighted by atomic mass is 19.1. The standard InChI is InChI=1S/C21H24FN3O3/c1-5-27-18(26)11-10-17-13(3)19-14(4)24-25(16-9-7-8-15(22)12-16)20(19)23-21(17)28-6-2/h7-9,12H,5-6,10-11H2,1-4H3. The quantitative estimate of drug-likeness (QED) is 0.574. The molecule has 0 saturated heterocycles. The number of rotatable bonds is 7. The van der Waals surface area contributed by atoms with Crippen molar-refractivity contribution >= 4 is 17.0 Å². The normalized spacial score (nSPS) is 11.0. The maximum absolute atomic E-state index is 13.7. The smallest absolute Gasteiger partial charge is 0.306 e. The summed E-state index contributed by atoms with van der Waals surface area (Å²) in [7, 11) is 0. The number of aryl methyl sites for hydroxylation is 2. The summed E-state index contributed by atoms with van der Waals surface area (Å²) in [6, 6.07) is 6.22. The van der Waals surface area contributed by atoms with E-state index in [4.69, 9.17) is 9.47 Å². The van der Waals surface area contributed by atoms with Gasteiger partial charge in [-0.15, -0.1) is 0 Å². The molecule has 7 heteroatoms. The summed E-state index contributed by atoms with van der Waals surface area (Å²) in [4.78, 5) is 16.5. The minimum absolute atomic E-state index is 0.249. The van der Waals surface area contributed by atoms with Gasteiger partial charge in [0.25, 0.3) is 0 Å². The number of hydrogen-bond acceptors (Lipinski definition) is 5. The molecule has 3 rings (SSSR count). The van der Waals surface area contributed by atoms with E-state index >= 15 is 0 Å². The molecule has 0 fully saturated rings. The molecule has 148 valence electrons. The van der Waals surface area contributed by atoms with E-state index in [1.54, 1.807) is 23.7 Å². The van der Waals surface area contributed by atoms with Crippen LogP contribution in [0.4, 0.5) is 4.39 Å². The molecule has 0 radical (unpaired) electrons. The second-order valence-electron chi connectivity index (χ2n) is 6.43. The van der Waals surface area contributed by atoms with E-state index in [1.807, 2.05) is 20.8 Å². The van der Waals surface area contributed by atoms with Crippen LogP contribution in [-0.2, 0) is 16.0 Å². The molecule has 28 heavy (non-hydrogen) atoms. The summed E-state index contributed by atoms with van der Waals surface area (Å²) in [5.41, 5.74) is 3.79. The first-order valence-electron chi connectivity index (χ1n) is 9.39. The first kappa shape index (κ1) is 19.8. The van der Waals surface area contributed by atoms with Crippen molar-refractivity contribution in [2.24, 2.45) is 0 Å². The highest BCUT2D eigenvalue weighted by Gasteiger charge is 2.21. The number of carbonyl (C=O) groups excluding carboxylic acids is 1. The highest BCUT2D eigenvalue weighted by Crippen LogP contribution is 2.32. The van der Waals surface area contributed by atoms with Crippen LogP contribution in [0.2, 0.25) is 0 Å². The lowest BCUT2D eigenvalue weighted by Gasteiger charge is -2.14. The van der Waals surface area contributed by atoms with E-state index in [0.29, 0.717) is 36.8 Å². The topological polar surface area (TPSA) is 66.2 Å². The number of aromatic nitrogens is 3. The van der Waals surface area contributed by atoms with Gasteiger partial charge in [0.15, 0.2) is 5.65 Å². The molecule has 0 spiro atoms. The van der Waals surface area contributed by atoms with Crippen LogP contribution < -0.4 is 4.74 Å². The zero-order valence-corrected chi connectivity index (χ0v) is 16.6. The van der Waals surface area contributed by atoms with Crippen LogP contribution in [0.1, 0.15) is 37.1 Å². The third-order valence-corrected chi connectivity index (χ3v) is 4.55. The molecular formula is C21H24FN3O3. The molecule has 0 saturated carbocycles. The van der Waals surface area contributed by atoms with Gasteiger partial charge in [-0.05, 0) is 57.9 Å². The van der Waals surface area contributed by atoms with Crippen LogP contribution >= 0.6 is 0 Å². The predicted molar refractivity (Wildman–Crippen MR) is 104 cm³/mol. The Bertz CT molecular complexity index is 1010. The van der Waals surface area contributed by atoms with E-state index in [2.05, 4.69) is 10.1 Å². The Morgan fingerprint density at radius 2 is 2.00 bits per heavy atom. The number of benzene rings is 1. The van der Waals surface area contributed by atoms with Crippen LogP contribution in [-0.4, -0.2) is 33.9 Å². The Kier molecular flexibility index (Phi) is 5.92. The number of carbonyl (C=O) groups is 1. The van der Waals surface area contributed by atoms with Gasteiger partial charge < -0.3 is 9.47 Å². The van der Waals surface area contributed by atoms with Gasteiger partial charge >= 0.3 is 5.97 Å². The number of pyridine rings is 1. The van der Waals surface area contributed by atoms with Gasteiger partial charge in [-0.3, -0.25) is 4.79 Å². The van der Waals surface area contributed by atoms with Crippen molar-refractivity contribution in [1.29, 1.82) is 0 Å². The van der Waals surface area contributed by atoms with Crippen LogP contribution in [0.25, 0.3) is 16.7 Å². The molecule has 1 aromatic carbocycles. The van der Waals surface area contributed by atoms with Crippen molar-refractivity contribution in [2.45, 2.75) is 40.5 Å². The Morgan fingerprint density at radius 3 is 2.68 bits per heavy atom. The SMILES string of the molecule is CCOC(=O)CCc1c(OCC)nc2c(c(C)nn2-c2cccc(F)c2)c1C. The number of ether oxygens (including phenoxy) is 2. The van der Waals surface area contributed by atoms with Crippen LogP contribution in [0.5, 0.6) is 5.88 Å². The minimum atomic E-state index is -0.341. The predicted octanol–water partition coefficient (Wildman–Crippen LogP) is 4.07. The summed E-state index contributed by atoms with van der Waals surface area (Å²) in [6.07, 6.45) is 0.715. The zero-order chi connectivity index (χ0) is 20.3. The summed E-state index contributed by atoms with van der Waals surface area (Å²) in [6.45, 7) is 8.32. The van der Waals surface area contributed by atoms with Crippen molar-refractivity contribution < 1.29 is 18.7 Å². The first-order valence-corrected chi connectivity index (χ1v) is 9.39. The summed E-state index contributed by atoms with van der Waals surface area (Å²) >= 11 is 0. The molecule has 0 aliphatic rings. The van der Waals surface area contributed by atoms with Crippen LogP contribution in [0.15, 0.2) is 24.3 Å². The summed E-state index contributed by atoms with van der Waals surface area (Å²) in [5.74, 6) is -0.127. The molecule has 3 aromatic rings.